The highest BCUT2D eigenvalue weighted by molar-refractivity contribution is 7.11. The van der Waals surface area contributed by atoms with Crippen LogP contribution >= 0.6 is 11.3 Å². The van der Waals surface area contributed by atoms with Gasteiger partial charge in [-0.15, -0.1) is 11.3 Å². The van der Waals surface area contributed by atoms with Crippen LogP contribution in [0.1, 0.15) is 88.4 Å². The van der Waals surface area contributed by atoms with E-state index in [9.17, 15) is 15.3 Å². The van der Waals surface area contributed by atoms with Gasteiger partial charge in [-0.05, 0) is 92.1 Å². The summed E-state index contributed by atoms with van der Waals surface area (Å²) in [4.78, 5) is 5.82. The third-order valence-corrected chi connectivity index (χ3v) is 11.4. The predicted octanol–water partition coefficient (Wildman–Crippen LogP) is 6.57. The number of hydrogen-bond acceptors (Lipinski definition) is 5. The van der Waals surface area contributed by atoms with E-state index in [1.807, 2.05) is 6.20 Å². The number of aromatic nitrogens is 1. The Morgan fingerprint density at radius 3 is 2.62 bits per heavy atom. The van der Waals surface area contributed by atoms with Crippen molar-refractivity contribution >= 4 is 11.3 Å². The van der Waals surface area contributed by atoms with Gasteiger partial charge in [-0.3, -0.25) is 0 Å². The quantitative estimate of drug-likeness (QED) is 0.369. The predicted molar refractivity (Wildman–Crippen MR) is 151 cm³/mol. The Balaban J connectivity index is 1.33. The van der Waals surface area contributed by atoms with Gasteiger partial charge in [0.1, 0.15) is 5.01 Å². The van der Waals surface area contributed by atoms with Gasteiger partial charge >= 0.3 is 0 Å². The second-order valence-electron chi connectivity index (χ2n) is 13.2. The molecule has 1 aromatic rings. The Morgan fingerprint density at radius 2 is 1.95 bits per heavy atom. The van der Waals surface area contributed by atoms with Crippen LogP contribution in [0.15, 0.2) is 53.8 Å². The van der Waals surface area contributed by atoms with E-state index in [-0.39, 0.29) is 16.2 Å². The van der Waals surface area contributed by atoms with Crippen molar-refractivity contribution in [1.29, 1.82) is 0 Å². The minimum absolute atomic E-state index is 0.00779. The molecule has 0 saturated heterocycles. The lowest BCUT2D eigenvalue weighted by Crippen LogP contribution is -2.39. The van der Waals surface area contributed by atoms with Crippen molar-refractivity contribution in [2.45, 2.75) is 109 Å². The van der Waals surface area contributed by atoms with Crippen LogP contribution in [-0.4, -0.2) is 38.6 Å². The lowest BCUT2D eigenvalue weighted by atomic mass is 9.57. The average molecular weight is 524 g/mol. The first kappa shape index (κ1) is 27.1. The fourth-order valence-electron chi connectivity index (χ4n) is 7.92. The van der Waals surface area contributed by atoms with Crippen LogP contribution in [0.2, 0.25) is 0 Å². The van der Waals surface area contributed by atoms with E-state index in [4.69, 9.17) is 0 Å². The fraction of sp³-hybridized carbons (Fsp3) is 0.656. The van der Waals surface area contributed by atoms with Gasteiger partial charge in [-0.25, -0.2) is 4.98 Å². The van der Waals surface area contributed by atoms with Gasteiger partial charge in [0.2, 0.25) is 0 Å². The summed E-state index contributed by atoms with van der Waals surface area (Å²) >= 11 is 1.72. The number of rotatable bonds is 6. The van der Waals surface area contributed by atoms with Crippen molar-refractivity contribution < 1.29 is 15.3 Å². The summed E-state index contributed by atoms with van der Waals surface area (Å²) in [5.41, 5.74) is 3.31. The Kier molecular flexibility index (Phi) is 7.23. The molecule has 0 bridgehead atoms. The van der Waals surface area contributed by atoms with Crippen molar-refractivity contribution in [2.24, 2.45) is 22.7 Å². The molecule has 4 fully saturated rings. The SMILES string of the molecule is C=C1C(=CC=C2CCC[C@]3(C)[C@@H](C(C)(C)C=C[C@@H](O)C4(c5ncc(C)s5)CC4)CC[C@@H]23)C[C@@H](O)C[C@@H]1O. The van der Waals surface area contributed by atoms with E-state index in [0.29, 0.717) is 24.7 Å². The molecule has 0 aromatic carbocycles. The van der Waals surface area contributed by atoms with Crippen molar-refractivity contribution in [1.82, 2.24) is 4.98 Å². The summed E-state index contributed by atoms with van der Waals surface area (Å²) < 4.78 is 0. The largest absolute Gasteiger partial charge is 0.393 e. The van der Waals surface area contributed by atoms with E-state index in [2.05, 4.69) is 63.6 Å². The number of fused-ring (bicyclic) bond motifs is 1. The Bertz CT molecular complexity index is 1120. The summed E-state index contributed by atoms with van der Waals surface area (Å²) in [7, 11) is 0. The van der Waals surface area contributed by atoms with Crippen LogP contribution in [0.4, 0.5) is 0 Å². The highest BCUT2D eigenvalue weighted by Gasteiger charge is 2.54. The molecule has 6 atom stereocenters. The van der Waals surface area contributed by atoms with Gasteiger partial charge < -0.3 is 15.3 Å². The molecular weight excluding hydrogens is 478 g/mol. The van der Waals surface area contributed by atoms with Crippen LogP contribution in [0, 0.1) is 29.6 Å². The maximum Gasteiger partial charge on any atom is 0.102 e. The van der Waals surface area contributed by atoms with Gasteiger partial charge in [-0.2, -0.15) is 0 Å². The third kappa shape index (κ3) is 4.97. The molecule has 0 unspecified atom stereocenters. The normalized spacial score (nSPS) is 36.9. The second-order valence-corrected chi connectivity index (χ2v) is 14.4. The number of hydrogen-bond donors (Lipinski definition) is 3. The lowest BCUT2D eigenvalue weighted by molar-refractivity contribution is 0.0706. The zero-order valence-electron chi connectivity index (χ0n) is 23.0. The molecule has 4 nitrogen and oxygen atoms in total. The molecule has 1 heterocycles. The second kappa shape index (κ2) is 9.89. The molecule has 37 heavy (non-hydrogen) atoms. The number of aliphatic hydroxyl groups excluding tert-OH is 3. The van der Waals surface area contributed by atoms with Crippen molar-refractivity contribution in [3.05, 3.63) is 63.7 Å². The number of aryl methyl sites for hydroxylation is 1. The average Bonchev–Trinajstić information content (AvgIpc) is 3.40. The topological polar surface area (TPSA) is 73.6 Å². The summed E-state index contributed by atoms with van der Waals surface area (Å²) in [6.45, 7) is 13.4. The van der Waals surface area contributed by atoms with Crippen molar-refractivity contribution in [2.75, 3.05) is 0 Å². The molecule has 202 valence electrons. The molecule has 0 spiro atoms. The first-order valence-electron chi connectivity index (χ1n) is 14.2. The Hall–Kier alpha value is -1.53. The van der Waals surface area contributed by atoms with Crippen LogP contribution in [0.25, 0.3) is 0 Å². The highest BCUT2D eigenvalue weighted by Crippen LogP contribution is 2.62. The van der Waals surface area contributed by atoms with Gasteiger partial charge in [0.15, 0.2) is 0 Å². The van der Waals surface area contributed by atoms with Gasteiger partial charge in [0.05, 0.1) is 23.7 Å². The standard InChI is InChI=1S/C32H45NO3S/c1-20-19-33-29(37-20)32(15-16-32)28(36)12-14-30(3,4)27-11-10-25-22(7-6-13-31(25,27)5)8-9-23-17-24(34)18-26(35)21(23)2/h8-9,12,14,19,24-28,34-36H,2,6-7,10-11,13,15-18H2,1,3-5H3/t24-,25+,26+,27-,28-,31+/m1/s1. The van der Waals surface area contributed by atoms with E-state index >= 15 is 0 Å². The van der Waals surface area contributed by atoms with Gasteiger partial charge in [0.25, 0.3) is 0 Å². The van der Waals surface area contributed by atoms with Gasteiger partial charge in [-0.1, -0.05) is 57.2 Å². The molecule has 5 rings (SSSR count). The third-order valence-electron chi connectivity index (χ3n) is 10.2. The maximum atomic E-state index is 11.2. The summed E-state index contributed by atoms with van der Waals surface area (Å²) in [5.74, 6) is 1.11. The summed E-state index contributed by atoms with van der Waals surface area (Å²) in [6.07, 6.45) is 18.1. The molecular formula is C32H45NO3S. The molecule has 0 radical (unpaired) electrons. The molecule has 4 aliphatic rings. The fourth-order valence-corrected chi connectivity index (χ4v) is 8.97. The Labute approximate surface area is 226 Å². The molecule has 5 heteroatoms. The van der Waals surface area contributed by atoms with E-state index < -0.39 is 18.3 Å². The Morgan fingerprint density at radius 1 is 1.19 bits per heavy atom. The molecule has 4 saturated carbocycles. The minimum atomic E-state index is -0.641. The lowest BCUT2D eigenvalue weighted by Gasteiger charge is -2.47. The molecule has 0 amide bonds. The van der Waals surface area contributed by atoms with Crippen LogP contribution in [-0.2, 0) is 5.41 Å². The van der Waals surface area contributed by atoms with Crippen LogP contribution in [0.5, 0.6) is 0 Å². The number of nitrogens with zero attached hydrogens (tertiary/aromatic N) is 1. The first-order valence-corrected chi connectivity index (χ1v) is 15.0. The highest BCUT2D eigenvalue weighted by atomic mass is 32.1. The van der Waals surface area contributed by atoms with Crippen LogP contribution < -0.4 is 0 Å². The number of thiazole rings is 1. The summed E-state index contributed by atoms with van der Waals surface area (Å²) in [6, 6.07) is 0. The zero-order valence-corrected chi connectivity index (χ0v) is 23.9. The van der Waals surface area contributed by atoms with Crippen molar-refractivity contribution in [3.63, 3.8) is 0 Å². The van der Waals surface area contributed by atoms with E-state index in [0.717, 1.165) is 35.4 Å². The number of allylic oxidation sites excluding steroid dienone is 4. The first-order chi connectivity index (χ1) is 17.5. The zero-order chi connectivity index (χ0) is 26.6. The van der Waals surface area contributed by atoms with E-state index in [1.54, 1.807) is 11.3 Å². The van der Waals surface area contributed by atoms with Crippen LogP contribution in [0.3, 0.4) is 0 Å². The molecule has 0 aliphatic heterocycles. The molecule has 1 aromatic heterocycles. The molecule has 3 N–H and O–H groups in total. The number of aliphatic hydroxyl groups is 3. The molecule has 4 aliphatic carbocycles. The minimum Gasteiger partial charge on any atom is -0.393 e. The van der Waals surface area contributed by atoms with E-state index in [1.165, 1.54) is 36.1 Å². The maximum absolute atomic E-state index is 11.2. The van der Waals surface area contributed by atoms with Crippen molar-refractivity contribution in [3.8, 4) is 0 Å². The monoisotopic (exact) mass is 523 g/mol. The summed E-state index contributed by atoms with van der Waals surface area (Å²) in [5, 5.41) is 32.7. The smallest absolute Gasteiger partial charge is 0.102 e. The van der Waals surface area contributed by atoms with Gasteiger partial charge in [0, 0.05) is 17.5 Å².